The van der Waals surface area contributed by atoms with Crippen molar-refractivity contribution < 1.29 is 4.74 Å². The van der Waals surface area contributed by atoms with E-state index in [1.807, 2.05) is 18.2 Å². The van der Waals surface area contributed by atoms with Crippen LogP contribution in [0.4, 0.5) is 5.69 Å². The first kappa shape index (κ1) is 13.4. The molecule has 0 bridgehead atoms. The summed E-state index contributed by atoms with van der Waals surface area (Å²) < 4.78 is 6.44. The van der Waals surface area contributed by atoms with Crippen LogP contribution in [0.1, 0.15) is 18.4 Å². The Kier molecular flexibility index (Phi) is 4.24. The van der Waals surface area contributed by atoms with Gasteiger partial charge in [-0.15, -0.1) is 0 Å². The third-order valence-corrected chi connectivity index (χ3v) is 3.80. The Morgan fingerprint density at radius 2 is 2.33 bits per heavy atom. The molecule has 98 valence electrons. The van der Waals surface area contributed by atoms with Crippen molar-refractivity contribution in [2.24, 2.45) is 5.73 Å². The summed E-state index contributed by atoms with van der Waals surface area (Å²) in [5.41, 5.74) is 7.45. The molecule has 18 heavy (non-hydrogen) atoms. The van der Waals surface area contributed by atoms with E-state index in [0.29, 0.717) is 0 Å². The molecule has 5 heteroatoms. The molecule has 0 aliphatic carbocycles. The number of anilines is 1. The summed E-state index contributed by atoms with van der Waals surface area (Å²) in [6.07, 6.45) is 2.45. The van der Waals surface area contributed by atoms with E-state index in [4.69, 9.17) is 15.9 Å². The highest BCUT2D eigenvalue weighted by atomic mass is 79.9. The average molecular weight is 312 g/mol. The average Bonchev–Trinajstić information content (AvgIpc) is 2.38. The first-order valence-electron chi connectivity index (χ1n) is 6.03. The van der Waals surface area contributed by atoms with Gasteiger partial charge in [0.2, 0.25) is 0 Å². The lowest BCUT2D eigenvalue weighted by Gasteiger charge is -2.34. The van der Waals surface area contributed by atoms with Crippen molar-refractivity contribution in [2.75, 3.05) is 25.1 Å². The number of hydrogen-bond donors (Lipinski definition) is 2. The third kappa shape index (κ3) is 2.84. The highest BCUT2D eigenvalue weighted by Gasteiger charge is 2.22. The topological polar surface area (TPSA) is 62.3 Å². The van der Waals surface area contributed by atoms with Crippen LogP contribution in [-0.2, 0) is 4.74 Å². The van der Waals surface area contributed by atoms with Crippen LogP contribution in [0.3, 0.4) is 0 Å². The number of piperidine rings is 1. The minimum Gasteiger partial charge on any atom is -0.384 e. The van der Waals surface area contributed by atoms with Crippen LogP contribution in [-0.4, -0.2) is 32.1 Å². The van der Waals surface area contributed by atoms with Crippen LogP contribution in [0.15, 0.2) is 22.7 Å². The van der Waals surface area contributed by atoms with Crippen molar-refractivity contribution in [3.05, 3.63) is 28.2 Å². The van der Waals surface area contributed by atoms with Gasteiger partial charge in [-0.05, 0) is 31.0 Å². The van der Waals surface area contributed by atoms with Crippen molar-refractivity contribution >= 4 is 27.5 Å². The van der Waals surface area contributed by atoms with E-state index in [2.05, 4.69) is 20.8 Å². The number of methoxy groups -OCH3 is 1. The SMILES string of the molecule is COC1CCCN(c2cc(Br)ccc2C(=N)N)C1. The van der Waals surface area contributed by atoms with Gasteiger partial charge in [0.15, 0.2) is 0 Å². The molecule has 3 N–H and O–H groups in total. The highest BCUT2D eigenvalue weighted by Crippen LogP contribution is 2.28. The molecule has 1 aliphatic rings. The third-order valence-electron chi connectivity index (χ3n) is 3.30. The molecule has 4 nitrogen and oxygen atoms in total. The van der Waals surface area contributed by atoms with E-state index in [0.717, 1.165) is 41.7 Å². The van der Waals surface area contributed by atoms with Crippen LogP contribution >= 0.6 is 15.9 Å². The van der Waals surface area contributed by atoms with Gasteiger partial charge in [-0.3, -0.25) is 5.41 Å². The van der Waals surface area contributed by atoms with E-state index < -0.39 is 0 Å². The number of nitrogens with zero attached hydrogens (tertiary/aromatic N) is 1. The molecule has 1 aliphatic heterocycles. The van der Waals surface area contributed by atoms with Crippen molar-refractivity contribution in [3.63, 3.8) is 0 Å². The predicted octanol–water partition coefficient (Wildman–Crippen LogP) is 2.35. The summed E-state index contributed by atoms with van der Waals surface area (Å²) >= 11 is 3.48. The van der Waals surface area contributed by atoms with E-state index >= 15 is 0 Å². The number of nitrogens with one attached hydrogen (secondary N) is 1. The van der Waals surface area contributed by atoms with Gasteiger partial charge in [-0.25, -0.2) is 0 Å². The number of halogens is 1. The number of amidine groups is 1. The second-order valence-electron chi connectivity index (χ2n) is 4.52. The molecule has 1 saturated heterocycles. The first-order chi connectivity index (χ1) is 8.61. The molecular formula is C13H18BrN3O. The number of nitrogen functional groups attached to an aromatic ring is 1. The minimum absolute atomic E-state index is 0.108. The molecule has 1 unspecified atom stereocenters. The highest BCUT2D eigenvalue weighted by molar-refractivity contribution is 9.10. The number of rotatable bonds is 3. The standard InChI is InChI=1S/C13H18BrN3O/c1-18-10-3-2-6-17(8-10)12-7-9(14)4-5-11(12)13(15)16/h4-5,7,10H,2-3,6,8H2,1H3,(H3,15,16). The summed E-state index contributed by atoms with van der Waals surface area (Å²) in [5, 5.41) is 7.67. The van der Waals surface area contributed by atoms with Gasteiger partial charge in [-0.2, -0.15) is 0 Å². The molecule has 1 atom stereocenters. The number of benzene rings is 1. The Balaban J connectivity index is 2.31. The van der Waals surface area contributed by atoms with Crippen molar-refractivity contribution in [3.8, 4) is 0 Å². The van der Waals surface area contributed by atoms with Gasteiger partial charge in [0.1, 0.15) is 5.84 Å². The lowest BCUT2D eigenvalue weighted by molar-refractivity contribution is 0.0893. The van der Waals surface area contributed by atoms with Crippen LogP contribution in [0.25, 0.3) is 0 Å². The zero-order valence-electron chi connectivity index (χ0n) is 10.4. The van der Waals surface area contributed by atoms with Gasteiger partial charge in [-0.1, -0.05) is 15.9 Å². The zero-order chi connectivity index (χ0) is 13.1. The Hall–Kier alpha value is -1.07. The fourth-order valence-electron chi connectivity index (χ4n) is 2.34. The predicted molar refractivity (Wildman–Crippen MR) is 77.4 cm³/mol. The Morgan fingerprint density at radius 1 is 1.56 bits per heavy atom. The first-order valence-corrected chi connectivity index (χ1v) is 6.83. The van der Waals surface area contributed by atoms with Crippen molar-refractivity contribution in [1.82, 2.24) is 0 Å². The second-order valence-corrected chi connectivity index (χ2v) is 5.44. The molecule has 2 rings (SSSR count). The summed E-state index contributed by atoms with van der Waals surface area (Å²) in [4.78, 5) is 2.25. The number of ether oxygens (including phenoxy) is 1. The molecule has 0 spiro atoms. The lowest BCUT2D eigenvalue weighted by Crippen LogP contribution is -2.40. The van der Waals surface area contributed by atoms with Crippen LogP contribution in [0, 0.1) is 5.41 Å². The molecule has 1 aromatic carbocycles. The molecule has 0 saturated carbocycles. The summed E-state index contributed by atoms with van der Waals surface area (Å²) in [7, 11) is 1.75. The van der Waals surface area contributed by atoms with Crippen molar-refractivity contribution in [2.45, 2.75) is 18.9 Å². The molecular weight excluding hydrogens is 294 g/mol. The second kappa shape index (κ2) is 5.71. The van der Waals surface area contributed by atoms with E-state index in [1.165, 1.54) is 0 Å². The van der Waals surface area contributed by atoms with Gasteiger partial charge in [0.05, 0.1) is 6.10 Å². The molecule has 0 amide bonds. The lowest BCUT2D eigenvalue weighted by atomic mass is 10.0. The Labute approximate surface area is 116 Å². The summed E-state index contributed by atoms with van der Waals surface area (Å²) in [6, 6.07) is 5.82. The molecule has 1 heterocycles. The maximum Gasteiger partial charge on any atom is 0.124 e. The largest absolute Gasteiger partial charge is 0.384 e. The maximum absolute atomic E-state index is 7.67. The normalized spacial score (nSPS) is 19.9. The maximum atomic E-state index is 7.67. The van der Waals surface area contributed by atoms with Crippen LogP contribution in [0.2, 0.25) is 0 Å². The van der Waals surface area contributed by atoms with E-state index in [-0.39, 0.29) is 11.9 Å². The van der Waals surface area contributed by atoms with Crippen LogP contribution < -0.4 is 10.6 Å². The van der Waals surface area contributed by atoms with Gasteiger partial charge < -0.3 is 15.4 Å². The molecule has 0 radical (unpaired) electrons. The van der Waals surface area contributed by atoms with Gasteiger partial charge in [0, 0.05) is 35.9 Å². The quantitative estimate of drug-likeness (QED) is 0.665. The zero-order valence-corrected chi connectivity index (χ0v) is 12.0. The molecule has 0 aromatic heterocycles. The Bertz CT molecular complexity index is 450. The van der Waals surface area contributed by atoms with Crippen LogP contribution in [0.5, 0.6) is 0 Å². The van der Waals surface area contributed by atoms with Gasteiger partial charge >= 0.3 is 0 Å². The smallest absolute Gasteiger partial charge is 0.124 e. The molecule has 1 fully saturated rings. The van der Waals surface area contributed by atoms with Gasteiger partial charge in [0.25, 0.3) is 0 Å². The Morgan fingerprint density at radius 3 is 3.00 bits per heavy atom. The van der Waals surface area contributed by atoms with E-state index in [1.54, 1.807) is 7.11 Å². The fourth-order valence-corrected chi connectivity index (χ4v) is 2.69. The summed E-state index contributed by atoms with van der Waals surface area (Å²) in [5.74, 6) is 0.108. The molecule has 1 aromatic rings. The van der Waals surface area contributed by atoms with E-state index in [9.17, 15) is 0 Å². The monoisotopic (exact) mass is 311 g/mol. The minimum atomic E-state index is 0.108. The number of nitrogens with two attached hydrogens (primary N) is 1. The van der Waals surface area contributed by atoms with Crippen molar-refractivity contribution in [1.29, 1.82) is 5.41 Å². The summed E-state index contributed by atoms with van der Waals surface area (Å²) in [6.45, 7) is 1.84. The number of hydrogen-bond acceptors (Lipinski definition) is 3. The fraction of sp³-hybridized carbons (Fsp3) is 0.462.